The normalized spacial score (nSPS) is 18.7. The number of hydrogen-bond acceptors (Lipinski definition) is 2. The van der Waals surface area contributed by atoms with Crippen LogP contribution in [0.5, 0.6) is 0 Å². The van der Waals surface area contributed by atoms with Crippen LogP contribution in [0.25, 0.3) is 11.6 Å². The van der Waals surface area contributed by atoms with Crippen LogP contribution in [-0.4, -0.2) is 5.16 Å². The van der Waals surface area contributed by atoms with E-state index < -0.39 is 0 Å². The van der Waals surface area contributed by atoms with Crippen LogP contribution in [0.15, 0.2) is 28.9 Å². The Hall–Kier alpha value is -1.83. The van der Waals surface area contributed by atoms with Crippen LogP contribution < -0.4 is 0 Å². The van der Waals surface area contributed by atoms with Gasteiger partial charge in [-0.15, -0.1) is 0 Å². The van der Waals surface area contributed by atoms with Crippen LogP contribution in [0.4, 0.5) is 0 Å². The van der Waals surface area contributed by atoms with Crippen molar-refractivity contribution in [2.24, 2.45) is 0 Å². The maximum atomic E-state index is 5.30. The molecule has 1 aliphatic rings. The number of rotatable bonds is 4. The smallest absolute Gasteiger partial charge is 0.159 e. The second-order valence-electron chi connectivity index (χ2n) is 8.29. The molecule has 1 heterocycles. The summed E-state index contributed by atoms with van der Waals surface area (Å²) in [5, 5.41) is 3.83. The fraction of sp³-hybridized carbons (Fsp3) is 0.500. The van der Waals surface area contributed by atoms with Crippen LogP contribution >= 0.6 is 0 Å². The molecule has 0 saturated heterocycles. The summed E-state index contributed by atoms with van der Waals surface area (Å²) in [5.74, 6) is 0.828. The van der Waals surface area contributed by atoms with Crippen molar-refractivity contribution >= 4 is 11.6 Å². The highest BCUT2D eigenvalue weighted by atomic mass is 16.5. The third-order valence-corrected chi connectivity index (χ3v) is 5.47. The first-order valence-electron chi connectivity index (χ1n) is 9.08. The summed E-state index contributed by atoms with van der Waals surface area (Å²) in [5.41, 5.74) is 7.66. The summed E-state index contributed by atoms with van der Waals surface area (Å²) in [7, 11) is 0. The lowest BCUT2D eigenvalue weighted by Crippen LogP contribution is -2.18. The van der Waals surface area contributed by atoms with Gasteiger partial charge in [0.25, 0.3) is 0 Å². The Balaban J connectivity index is 2.19. The van der Waals surface area contributed by atoms with Gasteiger partial charge in [-0.2, -0.15) is 0 Å². The Kier molecular flexibility index (Phi) is 4.19. The van der Waals surface area contributed by atoms with E-state index in [-0.39, 0.29) is 10.8 Å². The Labute approximate surface area is 146 Å². The van der Waals surface area contributed by atoms with Crippen molar-refractivity contribution in [1.82, 2.24) is 5.16 Å². The monoisotopic (exact) mass is 323 g/mol. The number of hydrogen-bond donors (Lipinski definition) is 0. The summed E-state index contributed by atoms with van der Waals surface area (Å²) in [6.07, 6.45) is 7.08. The molecule has 0 unspecified atom stereocenters. The second kappa shape index (κ2) is 5.91. The van der Waals surface area contributed by atoms with Crippen LogP contribution in [0, 0.1) is 0 Å². The van der Waals surface area contributed by atoms with E-state index in [9.17, 15) is 0 Å². The molecule has 0 aliphatic heterocycles. The highest BCUT2D eigenvalue weighted by molar-refractivity contribution is 5.82. The van der Waals surface area contributed by atoms with Gasteiger partial charge in [-0.25, -0.2) is 0 Å². The van der Waals surface area contributed by atoms with E-state index in [1.807, 2.05) is 6.07 Å². The van der Waals surface area contributed by atoms with Gasteiger partial charge in [-0.05, 0) is 64.0 Å². The molecule has 2 heteroatoms. The number of aromatic nitrogens is 1. The zero-order valence-corrected chi connectivity index (χ0v) is 15.9. The number of aryl methyl sites for hydroxylation is 1. The fourth-order valence-electron chi connectivity index (χ4n) is 4.49. The zero-order valence-electron chi connectivity index (χ0n) is 15.9. The highest BCUT2D eigenvalue weighted by Gasteiger charge is 2.42. The van der Waals surface area contributed by atoms with Gasteiger partial charge >= 0.3 is 0 Å². The van der Waals surface area contributed by atoms with Crippen LogP contribution in [-0.2, 0) is 17.3 Å². The lowest BCUT2D eigenvalue weighted by molar-refractivity contribution is 0.403. The highest BCUT2D eigenvalue weighted by Crippen LogP contribution is 2.50. The topological polar surface area (TPSA) is 26.0 Å². The average molecular weight is 323 g/mol. The van der Waals surface area contributed by atoms with Gasteiger partial charge in [-0.3, -0.25) is 0 Å². The van der Waals surface area contributed by atoms with E-state index in [4.69, 9.17) is 4.52 Å². The minimum Gasteiger partial charge on any atom is -0.357 e. The van der Waals surface area contributed by atoms with Crippen molar-refractivity contribution < 1.29 is 4.52 Å². The minimum atomic E-state index is 0.227. The fourth-order valence-corrected chi connectivity index (χ4v) is 4.49. The van der Waals surface area contributed by atoms with Crippen LogP contribution in [0.3, 0.4) is 0 Å². The van der Waals surface area contributed by atoms with Gasteiger partial charge in [0.1, 0.15) is 0 Å². The van der Waals surface area contributed by atoms with Crippen molar-refractivity contribution in [2.75, 3.05) is 0 Å². The molecule has 0 atom stereocenters. The maximum absolute atomic E-state index is 5.30. The first-order valence-corrected chi connectivity index (χ1v) is 9.08. The Morgan fingerprint density at radius 1 is 1.12 bits per heavy atom. The van der Waals surface area contributed by atoms with E-state index >= 15 is 0 Å². The maximum Gasteiger partial charge on any atom is 0.159 e. The van der Waals surface area contributed by atoms with Crippen LogP contribution in [0.1, 0.15) is 82.4 Å². The van der Waals surface area contributed by atoms with E-state index in [0.29, 0.717) is 0 Å². The van der Waals surface area contributed by atoms with Gasteiger partial charge in [0.15, 0.2) is 5.76 Å². The van der Waals surface area contributed by atoms with Crippen molar-refractivity contribution in [1.29, 1.82) is 0 Å². The first kappa shape index (κ1) is 17.0. The third kappa shape index (κ3) is 2.83. The van der Waals surface area contributed by atoms with Crippen molar-refractivity contribution in [3.05, 3.63) is 52.4 Å². The number of nitrogens with zero attached hydrogens (tertiary/aromatic N) is 1. The van der Waals surface area contributed by atoms with Crippen LogP contribution in [0.2, 0.25) is 0 Å². The molecule has 0 bridgehead atoms. The molecule has 1 aromatic carbocycles. The number of fused-ring (bicyclic) bond motifs is 1. The van der Waals surface area contributed by atoms with Gasteiger partial charge in [0.05, 0.1) is 6.20 Å². The summed E-state index contributed by atoms with van der Waals surface area (Å²) in [6.45, 7) is 14.0. The summed E-state index contributed by atoms with van der Waals surface area (Å²) in [4.78, 5) is 0. The molecule has 1 aromatic heterocycles. The Morgan fingerprint density at radius 2 is 1.79 bits per heavy atom. The Morgan fingerprint density at radius 3 is 2.33 bits per heavy atom. The van der Waals surface area contributed by atoms with Crippen molar-refractivity contribution in [2.45, 2.75) is 71.6 Å². The lowest BCUT2D eigenvalue weighted by atomic mass is 9.82. The van der Waals surface area contributed by atoms with E-state index in [1.54, 1.807) is 6.20 Å². The van der Waals surface area contributed by atoms with Gasteiger partial charge in [0.2, 0.25) is 0 Å². The standard InChI is InChI=1S/C22H29NO/c1-7-15(11-17-9-10-23-24-17)18-13-20-19(12-16(18)8-2)21(3,4)14-22(20,5)6/h9-13H,7-8,14H2,1-6H3. The molecule has 2 aromatic rings. The predicted octanol–water partition coefficient (Wildman–Crippen LogP) is 6.15. The molecule has 24 heavy (non-hydrogen) atoms. The molecular formula is C22H29NO. The number of allylic oxidation sites excluding steroid dienone is 1. The van der Waals surface area contributed by atoms with Gasteiger partial charge in [0, 0.05) is 6.07 Å². The molecule has 2 nitrogen and oxygen atoms in total. The SMILES string of the molecule is CCC(=Cc1ccno1)c1cc2c(cc1CC)C(C)(C)CC2(C)C. The van der Waals surface area contributed by atoms with E-state index in [2.05, 4.69) is 64.9 Å². The zero-order chi connectivity index (χ0) is 17.5. The average Bonchev–Trinajstić information content (AvgIpc) is 3.08. The molecule has 0 radical (unpaired) electrons. The minimum absolute atomic E-state index is 0.227. The largest absolute Gasteiger partial charge is 0.357 e. The predicted molar refractivity (Wildman–Crippen MR) is 101 cm³/mol. The third-order valence-electron chi connectivity index (χ3n) is 5.47. The molecular weight excluding hydrogens is 294 g/mol. The molecule has 0 spiro atoms. The summed E-state index contributed by atoms with van der Waals surface area (Å²) < 4.78 is 5.30. The summed E-state index contributed by atoms with van der Waals surface area (Å²) >= 11 is 0. The quantitative estimate of drug-likeness (QED) is 0.674. The van der Waals surface area contributed by atoms with Crippen molar-refractivity contribution in [3.8, 4) is 0 Å². The molecule has 0 amide bonds. The molecule has 0 saturated carbocycles. The number of benzene rings is 1. The van der Waals surface area contributed by atoms with Gasteiger partial charge < -0.3 is 4.52 Å². The second-order valence-corrected chi connectivity index (χ2v) is 8.29. The molecule has 128 valence electrons. The van der Waals surface area contributed by atoms with Gasteiger partial charge in [-0.1, -0.05) is 58.8 Å². The lowest BCUT2D eigenvalue weighted by Gasteiger charge is -2.22. The first-order chi connectivity index (χ1) is 11.3. The Bertz CT molecular complexity index is 764. The summed E-state index contributed by atoms with van der Waals surface area (Å²) in [6, 6.07) is 6.83. The van der Waals surface area contributed by atoms with E-state index in [0.717, 1.165) is 18.6 Å². The molecule has 1 aliphatic carbocycles. The van der Waals surface area contributed by atoms with E-state index in [1.165, 1.54) is 34.2 Å². The van der Waals surface area contributed by atoms with Crippen molar-refractivity contribution in [3.63, 3.8) is 0 Å². The molecule has 0 N–H and O–H groups in total. The molecule has 0 fully saturated rings. The molecule has 3 rings (SSSR count).